The third kappa shape index (κ3) is 3.71. The Morgan fingerprint density at radius 2 is 2.07 bits per heavy atom. The summed E-state index contributed by atoms with van der Waals surface area (Å²) >= 11 is 1.41. The van der Waals surface area contributed by atoms with E-state index in [0.717, 1.165) is 24.0 Å². The van der Waals surface area contributed by atoms with Gasteiger partial charge >= 0.3 is 0 Å². The van der Waals surface area contributed by atoms with Gasteiger partial charge in [-0.2, -0.15) is 5.10 Å². The van der Waals surface area contributed by atoms with Crippen molar-refractivity contribution in [3.8, 4) is 16.8 Å². The van der Waals surface area contributed by atoms with Crippen LogP contribution in [0.2, 0.25) is 0 Å². The Morgan fingerprint density at radius 3 is 2.83 bits per heavy atom. The molecule has 0 saturated heterocycles. The number of rotatable bonds is 6. The molecule has 1 amide bonds. The number of amides is 1. The minimum Gasteiger partial charge on any atom is -0.349 e. The van der Waals surface area contributed by atoms with Gasteiger partial charge in [-0.1, -0.05) is 19.9 Å². The summed E-state index contributed by atoms with van der Waals surface area (Å²) in [6, 6.07) is 7.05. The third-order valence-corrected chi connectivity index (χ3v) is 5.83. The molecule has 29 heavy (non-hydrogen) atoms. The van der Waals surface area contributed by atoms with Gasteiger partial charge in [0, 0.05) is 23.9 Å². The molecular formula is C21H21N5O2S. The molecule has 8 heteroatoms. The zero-order chi connectivity index (χ0) is 20.4. The molecule has 0 fully saturated rings. The fourth-order valence-corrected chi connectivity index (χ4v) is 3.99. The lowest BCUT2D eigenvalue weighted by Gasteiger charge is -2.13. The Bertz CT molecular complexity index is 1220. The van der Waals surface area contributed by atoms with Gasteiger partial charge < -0.3 is 5.32 Å². The van der Waals surface area contributed by atoms with Crippen LogP contribution >= 0.6 is 11.3 Å². The average Bonchev–Trinajstić information content (AvgIpc) is 3.38. The van der Waals surface area contributed by atoms with E-state index in [-0.39, 0.29) is 17.5 Å². The van der Waals surface area contributed by atoms with Crippen molar-refractivity contribution >= 4 is 22.9 Å². The molecule has 1 N–H and O–H groups in total. The van der Waals surface area contributed by atoms with Gasteiger partial charge in [0.05, 0.1) is 29.2 Å². The zero-order valence-electron chi connectivity index (χ0n) is 16.2. The monoisotopic (exact) mass is 407 g/mol. The van der Waals surface area contributed by atoms with Gasteiger partial charge in [-0.25, -0.2) is 9.50 Å². The van der Waals surface area contributed by atoms with E-state index in [1.165, 1.54) is 22.0 Å². The van der Waals surface area contributed by atoms with Crippen LogP contribution < -0.4 is 10.9 Å². The molecule has 0 unspecified atom stereocenters. The molecule has 0 bridgehead atoms. The molecule has 0 saturated carbocycles. The van der Waals surface area contributed by atoms with Gasteiger partial charge in [0.2, 0.25) is 0 Å². The van der Waals surface area contributed by atoms with Gasteiger partial charge in [0.15, 0.2) is 5.65 Å². The number of aromatic nitrogens is 4. The number of nitrogens with zero attached hydrogens (tertiary/aromatic N) is 4. The molecule has 0 aliphatic carbocycles. The molecule has 7 nitrogen and oxygen atoms in total. The summed E-state index contributed by atoms with van der Waals surface area (Å²) in [6.07, 6.45) is 8.65. The van der Waals surface area contributed by atoms with Crippen LogP contribution in [0.3, 0.4) is 0 Å². The van der Waals surface area contributed by atoms with Crippen molar-refractivity contribution in [1.82, 2.24) is 24.5 Å². The smallest absolute Gasteiger partial charge is 0.261 e. The third-order valence-electron chi connectivity index (χ3n) is 4.90. The quantitative estimate of drug-likeness (QED) is 0.530. The van der Waals surface area contributed by atoms with E-state index in [9.17, 15) is 9.59 Å². The molecule has 0 aromatic carbocycles. The highest BCUT2D eigenvalue weighted by atomic mass is 32.1. The van der Waals surface area contributed by atoms with Crippen LogP contribution in [0, 0.1) is 0 Å². The number of pyridine rings is 1. The van der Waals surface area contributed by atoms with Crippen molar-refractivity contribution in [2.45, 2.75) is 32.7 Å². The lowest BCUT2D eigenvalue weighted by molar-refractivity contribution is 0.0939. The number of carbonyl (C=O) groups excluding carboxylic acids is 1. The average molecular weight is 407 g/mol. The molecule has 0 aliphatic rings. The minimum atomic E-state index is -0.132. The second-order valence-corrected chi connectivity index (χ2v) is 7.65. The summed E-state index contributed by atoms with van der Waals surface area (Å²) in [6.45, 7) is 4.13. The minimum absolute atomic E-state index is 0.0508. The van der Waals surface area contributed by atoms with Crippen LogP contribution in [-0.4, -0.2) is 31.1 Å². The Labute approximate surface area is 171 Å². The summed E-state index contributed by atoms with van der Waals surface area (Å²) in [4.78, 5) is 29.7. The topological polar surface area (TPSA) is 81.3 Å². The van der Waals surface area contributed by atoms with E-state index in [4.69, 9.17) is 0 Å². The molecule has 4 aromatic heterocycles. The number of hydrogen-bond acceptors (Lipinski definition) is 5. The summed E-state index contributed by atoms with van der Waals surface area (Å²) in [7, 11) is 0. The van der Waals surface area contributed by atoms with Crippen LogP contribution in [-0.2, 0) is 0 Å². The first-order valence-electron chi connectivity index (χ1n) is 9.52. The highest BCUT2D eigenvalue weighted by Gasteiger charge is 2.16. The largest absolute Gasteiger partial charge is 0.349 e. The summed E-state index contributed by atoms with van der Waals surface area (Å²) < 4.78 is 3.16. The predicted octanol–water partition coefficient (Wildman–Crippen LogP) is 3.53. The second-order valence-electron chi connectivity index (χ2n) is 6.73. The van der Waals surface area contributed by atoms with E-state index in [1.54, 1.807) is 41.4 Å². The van der Waals surface area contributed by atoms with Gasteiger partial charge in [-0.15, -0.1) is 11.3 Å². The molecule has 4 aromatic rings. The number of hydrogen-bond donors (Lipinski definition) is 1. The fourth-order valence-electron chi connectivity index (χ4n) is 3.18. The lowest BCUT2D eigenvalue weighted by atomic mass is 10.1. The number of fused-ring (bicyclic) bond motifs is 1. The Balaban J connectivity index is 1.64. The Hall–Kier alpha value is -3.26. The first-order chi connectivity index (χ1) is 14.1. The number of carbonyl (C=O) groups is 1. The van der Waals surface area contributed by atoms with Crippen molar-refractivity contribution in [3.05, 3.63) is 69.7 Å². The molecule has 0 spiro atoms. The molecule has 0 aliphatic heterocycles. The Morgan fingerprint density at radius 1 is 1.24 bits per heavy atom. The van der Waals surface area contributed by atoms with Crippen LogP contribution in [0.4, 0.5) is 0 Å². The standard InChI is InChI=1S/C21H21N5O2S/c1-3-15(4-2)24-21(28)18-9-14(13-29-18)17-11-23-26-12-16(10-22-20(17)26)25-8-6-5-7-19(25)27/h5-13,15H,3-4H2,1-2H3,(H,24,28). The van der Waals surface area contributed by atoms with Crippen molar-refractivity contribution in [3.63, 3.8) is 0 Å². The normalized spacial score (nSPS) is 11.3. The predicted molar refractivity (Wildman–Crippen MR) is 114 cm³/mol. The van der Waals surface area contributed by atoms with Crippen molar-refractivity contribution in [1.29, 1.82) is 0 Å². The van der Waals surface area contributed by atoms with Crippen molar-refractivity contribution in [2.75, 3.05) is 0 Å². The van der Waals surface area contributed by atoms with Gasteiger partial charge in [0.25, 0.3) is 11.5 Å². The molecule has 148 valence electrons. The van der Waals surface area contributed by atoms with Crippen molar-refractivity contribution in [2.24, 2.45) is 0 Å². The maximum atomic E-state index is 12.5. The first kappa shape index (κ1) is 19.1. The molecule has 0 radical (unpaired) electrons. The number of nitrogens with one attached hydrogen (secondary N) is 1. The van der Waals surface area contributed by atoms with Gasteiger partial charge in [-0.05, 0) is 35.9 Å². The molecule has 4 rings (SSSR count). The van der Waals surface area contributed by atoms with E-state index in [2.05, 4.69) is 29.2 Å². The first-order valence-corrected chi connectivity index (χ1v) is 10.4. The molecular weight excluding hydrogens is 386 g/mol. The maximum absolute atomic E-state index is 12.5. The van der Waals surface area contributed by atoms with Gasteiger partial charge in [0.1, 0.15) is 0 Å². The van der Waals surface area contributed by atoms with E-state index < -0.39 is 0 Å². The van der Waals surface area contributed by atoms with Gasteiger partial charge in [-0.3, -0.25) is 14.2 Å². The zero-order valence-corrected chi connectivity index (χ0v) is 17.0. The van der Waals surface area contributed by atoms with Crippen LogP contribution in [0.1, 0.15) is 36.4 Å². The lowest BCUT2D eigenvalue weighted by Crippen LogP contribution is -2.33. The second kappa shape index (κ2) is 8.00. The summed E-state index contributed by atoms with van der Waals surface area (Å²) in [5.41, 5.74) is 2.91. The Kier molecular flexibility index (Phi) is 5.26. The number of thiophene rings is 1. The highest BCUT2D eigenvalue weighted by Crippen LogP contribution is 2.28. The van der Waals surface area contributed by atoms with E-state index in [0.29, 0.717) is 16.2 Å². The molecule has 4 heterocycles. The highest BCUT2D eigenvalue weighted by molar-refractivity contribution is 7.12. The van der Waals surface area contributed by atoms with Crippen molar-refractivity contribution < 1.29 is 4.79 Å². The fraction of sp³-hybridized carbons (Fsp3) is 0.238. The van der Waals surface area contributed by atoms with E-state index >= 15 is 0 Å². The summed E-state index contributed by atoms with van der Waals surface area (Å²) in [5, 5.41) is 9.39. The van der Waals surface area contributed by atoms with Crippen LogP contribution in [0.25, 0.3) is 22.5 Å². The maximum Gasteiger partial charge on any atom is 0.261 e. The SMILES string of the molecule is CCC(CC)NC(=O)c1cc(-c2cnn3cc(-n4ccccc4=O)cnc23)cs1. The molecule has 0 atom stereocenters. The summed E-state index contributed by atoms with van der Waals surface area (Å²) in [5.74, 6) is -0.0508. The van der Waals surface area contributed by atoms with Crippen LogP contribution in [0.5, 0.6) is 0 Å². The van der Waals surface area contributed by atoms with Crippen LogP contribution in [0.15, 0.2) is 59.2 Å². The van der Waals surface area contributed by atoms with E-state index in [1.807, 2.05) is 11.4 Å².